The van der Waals surface area contributed by atoms with E-state index in [1.807, 2.05) is 18.2 Å². The molecule has 0 aliphatic carbocycles. The minimum atomic E-state index is -0.602. The summed E-state index contributed by atoms with van der Waals surface area (Å²) in [7, 11) is 3.24. The van der Waals surface area contributed by atoms with E-state index in [0.29, 0.717) is 6.54 Å². The van der Waals surface area contributed by atoms with Crippen molar-refractivity contribution in [3.8, 4) is 11.5 Å². The van der Waals surface area contributed by atoms with Crippen LogP contribution in [-0.4, -0.2) is 42.5 Å². The SMILES string of the molecule is CC(C)N1CC([N+](=O)[O-])=C(N)C1=O.COc1ccc(CN)c(OC)c1. The molecule has 138 valence electrons. The van der Waals surface area contributed by atoms with Gasteiger partial charge in [0.15, 0.2) is 5.70 Å². The van der Waals surface area contributed by atoms with Gasteiger partial charge >= 0.3 is 0 Å². The van der Waals surface area contributed by atoms with E-state index in [1.165, 1.54) is 4.90 Å². The molecule has 0 saturated carbocycles. The maximum Gasteiger partial charge on any atom is 0.293 e. The monoisotopic (exact) mass is 352 g/mol. The number of carbonyl (C=O) groups excluding carboxylic acids is 1. The maximum atomic E-state index is 11.3. The topological polar surface area (TPSA) is 134 Å². The number of nitrogens with two attached hydrogens (primary N) is 2. The standard InChI is InChI=1S/C9H13NO2.C7H11N3O3/c1-11-8-4-3-7(6-10)9(5-8)12-2;1-4(2)9-3-5(10(12)13)6(8)7(9)11/h3-5H,6,10H2,1-2H3;4H,3,8H2,1-2H3. The normalized spacial score (nSPS) is 13.7. The largest absolute Gasteiger partial charge is 0.497 e. The molecular formula is C16H24N4O5. The van der Waals surface area contributed by atoms with E-state index in [0.717, 1.165) is 17.1 Å². The van der Waals surface area contributed by atoms with Crippen molar-refractivity contribution in [2.75, 3.05) is 20.8 Å². The van der Waals surface area contributed by atoms with E-state index in [2.05, 4.69) is 0 Å². The van der Waals surface area contributed by atoms with Crippen LogP contribution in [0.3, 0.4) is 0 Å². The van der Waals surface area contributed by atoms with Crippen LogP contribution in [0.5, 0.6) is 11.5 Å². The highest BCUT2D eigenvalue weighted by molar-refractivity contribution is 5.95. The molecule has 9 heteroatoms. The first-order valence-corrected chi connectivity index (χ1v) is 7.61. The Bertz CT molecular complexity index is 672. The van der Waals surface area contributed by atoms with Gasteiger partial charge in [-0.3, -0.25) is 14.9 Å². The number of amides is 1. The van der Waals surface area contributed by atoms with Crippen molar-refractivity contribution in [3.63, 3.8) is 0 Å². The van der Waals surface area contributed by atoms with Gasteiger partial charge < -0.3 is 25.8 Å². The van der Waals surface area contributed by atoms with Gasteiger partial charge in [0, 0.05) is 24.2 Å². The Hall–Kier alpha value is -2.81. The molecule has 0 atom stereocenters. The summed E-state index contributed by atoms with van der Waals surface area (Å²) < 4.78 is 10.2. The van der Waals surface area contributed by atoms with Gasteiger partial charge in [-0.2, -0.15) is 0 Å². The number of rotatable bonds is 5. The van der Waals surface area contributed by atoms with Crippen LogP contribution < -0.4 is 20.9 Å². The van der Waals surface area contributed by atoms with Crippen LogP contribution in [0.2, 0.25) is 0 Å². The van der Waals surface area contributed by atoms with Crippen LogP contribution in [0, 0.1) is 10.1 Å². The van der Waals surface area contributed by atoms with Crippen LogP contribution in [0.15, 0.2) is 29.6 Å². The Morgan fingerprint density at radius 3 is 2.32 bits per heavy atom. The molecule has 1 aromatic rings. The molecule has 0 saturated heterocycles. The van der Waals surface area contributed by atoms with Crippen molar-refractivity contribution in [1.29, 1.82) is 0 Å². The number of carbonyl (C=O) groups is 1. The molecule has 4 N–H and O–H groups in total. The second-order valence-corrected chi connectivity index (χ2v) is 5.53. The summed E-state index contributed by atoms with van der Waals surface area (Å²) in [6.07, 6.45) is 0. The molecule has 0 radical (unpaired) electrons. The van der Waals surface area contributed by atoms with E-state index in [-0.39, 0.29) is 24.0 Å². The molecule has 9 nitrogen and oxygen atoms in total. The zero-order chi connectivity index (χ0) is 19.1. The van der Waals surface area contributed by atoms with Crippen molar-refractivity contribution in [2.45, 2.75) is 26.4 Å². The first-order chi connectivity index (χ1) is 11.8. The molecule has 0 bridgehead atoms. The summed E-state index contributed by atoms with van der Waals surface area (Å²) in [6.45, 7) is 4.06. The predicted molar refractivity (Wildman–Crippen MR) is 92.5 cm³/mol. The first kappa shape index (κ1) is 20.2. The molecule has 1 aliphatic heterocycles. The highest BCUT2D eigenvalue weighted by atomic mass is 16.6. The summed E-state index contributed by atoms with van der Waals surface area (Å²) in [6, 6.07) is 5.52. The fraction of sp³-hybridized carbons (Fsp3) is 0.438. The van der Waals surface area contributed by atoms with Gasteiger partial charge in [-0.1, -0.05) is 6.07 Å². The lowest BCUT2D eigenvalue weighted by Crippen LogP contribution is -2.34. The number of nitro groups is 1. The van der Waals surface area contributed by atoms with Gasteiger partial charge in [0.25, 0.3) is 11.6 Å². The van der Waals surface area contributed by atoms with Crippen molar-refractivity contribution < 1.29 is 19.2 Å². The number of hydrogen-bond acceptors (Lipinski definition) is 7. The van der Waals surface area contributed by atoms with E-state index in [1.54, 1.807) is 28.1 Å². The average molecular weight is 352 g/mol. The molecule has 0 spiro atoms. The minimum absolute atomic E-state index is 0.00926. The average Bonchev–Trinajstić information content (AvgIpc) is 2.90. The van der Waals surface area contributed by atoms with Gasteiger partial charge in [0.05, 0.1) is 19.1 Å². The summed E-state index contributed by atoms with van der Waals surface area (Å²) in [4.78, 5) is 22.5. The lowest BCUT2D eigenvalue weighted by molar-refractivity contribution is -0.427. The van der Waals surface area contributed by atoms with Gasteiger partial charge in [-0.05, 0) is 19.9 Å². The molecular weight excluding hydrogens is 328 g/mol. The Kier molecular flexibility index (Phi) is 7.19. The molecule has 0 unspecified atom stereocenters. The Morgan fingerprint density at radius 2 is 1.96 bits per heavy atom. The smallest absolute Gasteiger partial charge is 0.293 e. The Morgan fingerprint density at radius 1 is 1.32 bits per heavy atom. The van der Waals surface area contributed by atoms with E-state index >= 15 is 0 Å². The van der Waals surface area contributed by atoms with Gasteiger partial charge in [-0.15, -0.1) is 0 Å². The second-order valence-electron chi connectivity index (χ2n) is 5.53. The van der Waals surface area contributed by atoms with Crippen molar-refractivity contribution in [1.82, 2.24) is 4.90 Å². The summed E-state index contributed by atoms with van der Waals surface area (Å²) in [5, 5.41) is 10.4. The second kappa shape index (κ2) is 8.88. The molecule has 0 fully saturated rings. The molecule has 2 rings (SSSR count). The number of ether oxygens (including phenoxy) is 2. The molecule has 1 amide bonds. The van der Waals surface area contributed by atoms with Crippen LogP contribution in [0.25, 0.3) is 0 Å². The maximum absolute atomic E-state index is 11.3. The van der Waals surface area contributed by atoms with Crippen molar-refractivity contribution in [3.05, 3.63) is 45.3 Å². The molecule has 25 heavy (non-hydrogen) atoms. The zero-order valence-electron chi connectivity index (χ0n) is 14.8. The quantitative estimate of drug-likeness (QED) is 0.592. The molecule has 1 aromatic carbocycles. The highest BCUT2D eigenvalue weighted by Gasteiger charge is 2.37. The van der Waals surface area contributed by atoms with Crippen LogP contribution >= 0.6 is 0 Å². The van der Waals surface area contributed by atoms with Crippen molar-refractivity contribution in [2.24, 2.45) is 11.5 Å². The third kappa shape index (κ3) is 4.83. The van der Waals surface area contributed by atoms with Crippen LogP contribution in [0.1, 0.15) is 19.4 Å². The number of hydrogen-bond donors (Lipinski definition) is 2. The Balaban J connectivity index is 0.000000251. The molecule has 1 aliphatic rings. The van der Waals surface area contributed by atoms with E-state index in [4.69, 9.17) is 20.9 Å². The van der Waals surface area contributed by atoms with Gasteiger partial charge in [-0.25, -0.2) is 0 Å². The number of benzene rings is 1. The molecule has 0 aromatic heterocycles. The fourth-order valence-corrected chi connectivity index (χ4v) is 2.19. The lowest BCUT2D eigenvalue weighted by Gasteiger charge is -2.18. The number of methoxy groups -OCH3 is 2. The zero-order valence-corrected chi connectivity index (χ0v) is 14.8. The minimum Gasteiger partial charge on any atom is -0.497 e. The van der Waals surface area contributed by atoms with Gasteiger partial charge in [0.1, 0.15) is 18.0 Å². The summed E-state index contributed by atoms with van der Waals surface area (Å²) in [5.41, 5.74) is 11.3. The van der Waals surface area contributed by atoms with Gasteiger partial charge in [0.2, 0.25) is 0 Å². The third-order valence-electron chi connectivity index (χ3n) is 3.68. The summed E-state index contributed by atoms with van der Waals surface area (Å²) in [5.74, 6) is 1.11. The molecule has 1 heterocycles. The van der Waals surface area contributed by atoms with E-state index < -0.39 is 10.8 Å². The van der Waals surface area contributed by atoms with Crippen molar-refractivity contribution >= 4 is 5.91 Å². The Labute approximate surface area is 146 Å². The van der Waals surface area contributed by atoms with Crippen LogP contribution in [0.4, 0.5) is 0 Å². The van der Waals surface area contributed by atoms with E-state index in [9.17, 15) is 14.9 Å². The number of nitrogens with zero attached hydrogens (tertiary/aromatic N) is 2. The first-order valence-electron chi connectivity index (χ1n) is 7.61. The summed E-state index contributed by atoms with van der Waals surface area (Å²) >= 11 is 0. The lowest BCUT2D eigenvalue weighted by atomic mass is 10.2. The fourth-order valence-electron chi connectivity index (χ4n) is 2.19. The third-order valence-corrected chi connectivity index (χ3v) is 3.68. The van der Waals surface area contributed by atoms with Crippen LogP contribution in [-0.2, 0) is 11.3 Å². The predicted octanol–water partition coefficient (Wildman–Crippen LogP) is 0.847. The highest BCUT2D eigenvalue weighted by Crippen LogP contribution is 2.23.